The van der Waals surface area contributed by atoms with Gasteiger partial charge in [-0.2, -0.15) is 0 Å². The van der Waals surface area contributed by atoms with Crippen LogP contribution in [0.3, 0.4) is 0 Å². The maximum Gasteiger partial charge on any atom is 0.414 e. The summed E-state index contributed by atoms with van der Waals surface area (Å²) in [6, 6.07) is 9.30. The lowest BCUT2D eigenvalue weighted by Crippen LogP contribution is -2.47. The molecule has 232 valence electrons. The van der Waals surface area contributed by atoms with Crippen LogP contribution in [0.5, 0.6) is 23.0 Å². The first kappa shape index (κ1) is 31.4. The largest absolute Gasteiger partial charge is 0.493 e. The van der Waals surface area contributed by atoms with Gasteiger partial charge >= 0.3 is 11.9 Å². The molecule has 1 saturated heterocycles. The predicted octanol–water partition coefficient (Wildman–Crippen LogP) is 1.96. The van der Waals surface area contributed by atoms with Crippen molar-refractivity contribution in [2.75, 3.05) is 60.8 Å². The quantitative estimate of drug-likeness (QED) is 0.449. The predicted molar refractivity (Wildman–Crippen MR) is 153 cm³/mol. The summed E-state index contributed by atoms with van der Waals surface area (Å²) in [5, 5.41) is 14.8. The van der Waals surface area contributed by atoms with Crippen molar-refractivity contribution in [2.24, 2.45) is 5.92 Å². The van der Waals surface area contributed by atoms with Gasteiger partial charge in [-0.25, -0.2) is 9.59 Å². The molecule has 13 nitrogen and oxygen atoms in total. The highest BCUT2D eigenvalue weighted by molar-refractivity contribution is 6.27. The van der Waals surface area contributed by atoms with E-state index >= 15 is 0 Å². The molecule has 1 atom stereocenters. The van der Waals surface area contributed by atoms with Crippen LogP contribution in [-0.2, 0) is 27.3 Å². The summed E-state index contributed by atoms with van der Waals surface area (Å²) in [5.74, 6) is -0.814. The van der Waals surface area contributed by atoms with E-state index in [-0.39, 0.29) is 24.5 Å². The number of carboxylic acids is 2. The molecular formula is C30H37N3O10. The number of hydrogen-bond acceptors (Lipinski definition) is 9. The van der Waals surface area contributed by atoms with Gasteiger partial charge in [0.05, 0.1) is 20.1 Å². The van der Waals surface area contributed by atoms with E-state index < -0.39 is 11.9 Å². The Labute approximate surface area is 249 Å². The average molecular weight is 600 g/mol. The third kappa shape index (κ3) is 7.66. The smallest absolute Gasteiger partial charge is 0.414 e. The molecule has 3 aliphatic rings. The molecule has 0 aliphatic carbocycles. The summed E-state index contributed by atoms with van der Waals surface area (Å²) in [6.07, 6.45) is 2.69. The van der Waals surface area contributed by atoms with Gasteiger partial charge in [0.1, 0.15) is 0 Å². The minimum absolute atomic E-state index is 0.0229. The third-order valence-corrected chi connectivity index (χ3v) is 7.79. The zero-order chi connectivity index (χ0) is 31.1. The van der Waals surface area contributed by atoms with Gasteiger partial charge < -0.3 is 43.9 Å². The summed E-state index contributed by atoms with van der Waals surface area (Å²) >= 11 is 0. The molecule has 3 aliphatic heterocycles. The number of piperidine rings is 1. The lowest BCUT2D eigenvalue weighted by Gasteiger charge is -2.37. The van der Waals surface area contributed by atoms with Crippen molar-refractivity contribution in [1.29, 1.82) is 0 Å². The van der Waals surface area contributed by atoms with Crippen LogP contribution in [0.1, 0.15) is 34.3 Å². The van der Waals surface area contributed by atoms with E-state index in [1.165, 1.54) is 5.56 Å². The number of amides is 2. The fourth-order valence-corrected chi connectivity index (χ4v) is 5.43. The zero-order valence-corrected chi connectivity index (χ0v) is 24.5. The van der Waals surface area contributed by atoms with Gasteiger partial charge in [0.25, 0.3) is 5.91 Å². The van der Waals surface area contributed by atoms with Gasteiger partial charge in [0, 0.05) is 45.3 Å². The number of aliphatic carboxylic acids is 2. The lowest BCUT2D eigenvalue weighted by atomic mass is 9.93. The summed E-state index contributed by atoms with van der Waals surface area (Å²) in [4.78, 5) is 50.6. The maximum absolute atomic E-state index is 13.5. The Morgan fingerprint density at radius 2 is 1.63 bits per heavy atom. The number of carbonyl (C=O) groups is 4. The van der Waals surface area contributed by atoms with Crippen LogP contribution in [0.2, 0.25) is 0 Å². The fourth-order valence-electron chi connectivity index (χ4n) is 5.43. The number of methoxy groups -OCH3 is 2. The third-order valence-electron chi connectivity index (χ3n) is 7.79. The summed E-state index contributed by atoms with van der Waals surface area (Å²) in [6.45, 7) is 4.48. The highest BCUT2D eigenvalue weighted by atomic mass is 16.7. The topological polar surface area (TPSA) is 155 Å². The van der Waals surface area contributed by atoms with E-state index in [1.807, 2.05) is 24.1 Å². The van der Waals surface area contributed by atoms with Crippen LogP contribution in [-0.4, -0.2) is 109 Å². The monoisotopic (exact) mass is 599 g/mol. The molecule has 1 unspecified atom stereocenters. The number of carboxylic acid groups (broad SMARTS) is 2. The molecule has 5 rings (SSSR count). The van der Waals surface area contributed by atoms with E-state index in [9.17, 15) is 9.59 Å². The molecule has 2 aromatic carbocycles. The summed E-state index contributed by atoms with van der Waals surface area (Å²) < 4.78 is 21.6. The minimum atomic E-state index is -1.82. The van der Waals surface area contributed by atoms with Gasteiger partial charge in [-0.15, -0.1) is 0 Å². The number of nitrogens with zero attached hydrogens (tertiary/aromatic N) is 3. The molecule has 2 amide bonds. The number of likely N-dealkylation sites (tertiary alicyclic amines) is 1. The normalized spacial score (nSPS) is 17.2. The number of likely N-dealkylation sites (N-methyl/N-ethyl adjacent to an activating group) is 1. The first-order valence-corrected chi connectivity index (χ1v) is 14.0. The van der Waals surface area contributed by atoms with Crippen LogP contribution >= 0.6 is 0 Å². The standard InChI is InChI=1S/C28H35N3O6.C2H2O4/c1-29(27(32)20-6-7-23-26(14-20)37-18-36-23)11-12-30-9-4-5-21(16-30)28(33)31-10-8-19-13-24(34-2)25(35-3)15-22(19)17-31;3-1(4)2(5)6/h6-7,13-15,21H,4-5,8-12,16-18H2,1-3H3;(H,3,4)(H,5,6). The summed E-state index contributed by atoms with van der Waals surface area (Å²) in [5.41, 5.74) is 2.91. The number of carbonyl (C=O) groups excluding carboxylic acids is 2. The molecule has 2 N–H and O–H groups in total. The first-order valence-electron chi connectivity index (χ1n) is 14.0. The second-order valence-electron chi connectivity index (χ2n) is 10.5. The van der Waals surface area contributed by atoms with Crippen molar-refractivity contribution < 1.29 is 48.3 Å². The van der Waals surface area contributed by atoms with Crippen molar-refractivity contribution in [3.63, 3.8) is 0 Å². The van der Waals surface area contributed by atoms with Crippen LogP contribution < -0.4 is 18.9 Å². The average Bonchev–Trinajstić information content (AvgIpc) is 3.50. The Morgan fingerprint density at radius 3 is 2.30 bits per heavy atom. The van der Waals surface area contributed by atoms with Crippen molar-refractivity contribution >= 4 is 23.8 Å². The number of fused-ring (bicyclic) bond motifs is 2. The zero-order valence-electron chi connectivity index (χ0n) is 24.5. The second-order valence-corrected chi connectivity index (χ2v) is 10.5. The number of rotatable bonds is 7. The van der Waals surface area contributed by atoms with Crippen molar-refractivity contribution in [1.82, 2.24) is 14.7 Å². The molecule has 0 saturated carbocycles. The number of hydrogen-bond donors (Lipinski definition) is 2. The van der Waals surface area contributed by atoms with E-state index in [0.29, 0.717) is 42.4 Å². The molecular weight excluding hydrogens is 562 g/mol. The molecule has 0 radical (unpaired) electrons. The van der Waals surface area contributed by atoms with E-state index in [4.69, 9.17) is 38.7 Å². The van der Waals surface area contributed by atoms with Gasteiger partial charge in [-0.1, -0.05) is 0 Å². The second kappa shape index (κ2) is 14.1. The van der Waals surface area contributed by atoms with E-state index in [1.54, 1.807) is 37.3 Å². The Kier molecular flexibility index (Phi) is 10.3. The first-order chi connectivity index (χ1) is 20.6. The van der Waals surface area contributed by atoms with Crippen LogP contribution in [0.4, 0.5) is 0 Å². The molecule has 2 aromatic rings. The van der Waals surface area contributed by atoms with Crippen LogP contribution in [0, 0.1) is 5.92 Å². The summed E-state index contributed by atoms with van der Waals surface area (Å²) in [7, 11) is 5.09. The van der Waals surface area contributed by atoms with Gasteiger partial charge in [-0.3, -0.25) is 9.59 Å². The van der Waals surface area contributed by atoms with E-state index in [0.717, 1.165) is 50.2 Å². The molecule has 13 heteroatoms. The highest BCUT2D eigenvalue weighted by Gasteiger charge is 2.31. The fraction of sp³-hybridized carbons (Fsp3) is 0.467. The van der Waals surface area contributed by atoms with Crippen molar-refractivity contribution in [3.8, 4) is 23.0 Å². The minimum Gasteiger partial charge on any atom is -0.493 e. The molecule has 0 spiro atoms. The Balaban J connectivity index is 0.000000641. The highest BCUT2D eigenvalue weighted by Crippen LogP contribution is 2.34. The van der Waals surface area contributed by atoms with Crippen molar-refractivity contribution in [3.05, 3.63) is 47.0 Å². The van der Waals surface area contributed by atoms with Gasteiger partial charge in [-0.05, 0) is 67.3 Å². The van der Waals surface area contributed by atoms with Crippen LogP contribution in [0.25, 0.3) is 0 Å². The van der Waals surface area contributed by atoms with Crippen LogP contribution in [0.15, 0.2) is 30.3 Å². The number of benzene rings is 2. The lowest BCUT2D eigenvalue weighted by molar-refractivity contribution is -0.159. The SMILES string of the molecule is COc1cc2c(cc1OC)CN(C(=O)C1CCCN(CCN(C)C(=O)c3ccc4c(c3)OCO4)C1)CC2.O=C(O)C(=O)O. The Bertz CT molecular complexity index is 1350. The Hall–Kier alpha value is -4.52. The maximum atomic E-state index is 13.5. The molecule has 1 fully saturated rings. The van der Waals surface area contributed by atoms with Gasteiger partial charge in [0.15, 0.2) is 23.0 Å². The number of ether oxygens (including phenoxy) is 4. The van der Waals surface area contributed by atoms with Crippen molar-refractivity contribution in [2.45, 2.75) is 25.8 Å². The molecule has 3 heterocycles. The Morgan fingerprint density at radius 1 is 0.953 bits per heavy atom. The molecule has 0 aromatic heterocycles. The van der Waals surface area contributed by atoms with Gasteiger partial charge in [0.2, 0.25) is 12.7 Å². The van der Waals surface area contributed by atoms with E-state index in [2.05, 4.69) is 4.90 Å². The molecule has 0 bridgehead atoms. The molecule has 43 heavy (non-hydrogen) atoms.